The normalized spacial score (nSPS) is 16.3. The van der Waals surface area contributed by atoms with Gasteiger partial charge < -0.3 is 40.9 Å². The van der Waals surface area contributed by atoms with Crippen LogP contribution in [0.3, 0.4) is 0 Å². The molecule has 17 heteroatoms. The van der Waals surface area contributed by atoms with Gasteiger partial charge in [0.2, 0.25) is 17.6 Å². The third kappa shape index (κ3) is 35.1. The summed E-state index contributed by atoms with van der Waals surface area (Å²) in [6, 6.07) is 8.08. The largest absolute Gasteiger partial charge is 0.456 e. The van der Waals surface area contributed by atoms with E-state index in [0.717, 1.165) is 82.0 Å². The molecule has 9 nitrogen and oxygen atoms in total. The van der Waals surface area contributed by atoms with Crippen molar-refractivity contribution in [2.45, 2.75) is 243 Å². The number of hydrogen-bond donors (Lipinski definition) is 2. The monoisotopic (exact) mass is 999 g/mol. The van der Waals surface area contributed by atoms with E-state index in [1.54, 1.807) is 0 Å². The van der Waals surface area contributed by atoms with Crippen LogP contribution in [0.1, 0.15) is 116 Å². The molecule has 0 aliphatic carbocycles. The molecule has 0 fully saturated rings. The highest BCUT2D eigenvalue weighted by molar-refractivity contribution is 7.22. The highest BCUT2D eigenvalue weighted by Gasteiger charge is 2.36. The summed E-state index contributed by atoms with van der Waals surface area (Å²) in [6.45, 7) is 32.3. The SMILES string of the molecule is CCCCCCCCCCCC[Si](C)(CCCCO[Si](C)(CCCCO[Si](C)(CCCCO[Si](C)(C)[Si](C)=O)CC[Si](C)(C)O[Si](C)(C)C)CCCOCC(O)CO)O[Si]C. The summed E-state index contributed by atoms with van der Waals surface area (Å²) in [5.74, 6) is 0. The van der Waals surface area contributed by atoms with Crippen molar-refractivity contribution < 1.29 is 40.9 Å². The third-order valence-electron chi connectivity index (χ3n) is 12.3. The smallest absolute Gasteiger partial charge is 0.286 e. The van der Waals surface area contributed by atoms with E-state index in [1.807, 2.05) is 6.55 Å². The van der Waals surface area contributed by atoms with E-state index in [-0.39, 0.29) is 13.2 Å². The molecule has 0 aromatic carbocycles. The summed E-state index contributed by atoms with van der Waals surface area (Å²) in [6.07, 6.45) is 20.4. The molecule has 0 rings (SSSR count). The lowest BCUT2D eigenvalue weighted by molar-refractivity contribution is 0.00631. The zero-order valence-corrected chi connectivity index (χ0v) is 50.5. The molecule has 0 aromatic heterocycles. The first-order valence-electron chi connectivity index (χ1n) is 24.9. The Hall–Kier alpha value is 1.22. The zero-order valence-electron chi connectivity index (χ0n) is 42.5. The van der Waals surface area contributed by atoms with E-state index in [4.69, 9.17) is 26.2 Å². The van der Waals surface area contributed by atoms with E-state index in [1.165, 1.54) is 82.7 Å². The molecule has 4 unspecified atom stereocenters. The Balaban J connectivity index is 5.24. The van der Waals surface area contributed by atoms with Crippen LogP contribution >= 0.6 is 0 Å². The second-order valence-electron chi connectivity index (χ2n) is 21.1. The molecular formula is C44H102O9Si8. The molecular weight excluding hydrogens is 897 g/mol. The highest BCUT2D eigenvalue weighted by Crippen LogP contribution is 2.30. The van der Waals surface area contributed by atoms with Crippen LogP contribution in [-0.4, -0.2) is 123 Å². The van der Waals surface area contributed by atoms with E-state index in [0.29, 0.717) is 23.0 Å². The van der Waals surface area contributed by atoms with Gasteiger partial charge in [-0.3, -0.25) is 0 Å². The summed E-state index contributed by atoms with van der Waals surface area (Å²) in [7, 11) is -12.2. The van der Waals surface area contributed by atoms with Gasteiger partial charge in [-0.25, -0.2) is 0 Å². The van der Waals surface area contributed by atoms with Crippen LogP contribution in [0.15, 0.2) is 0 Å². The Morgan fingerprint density at radius 2 is 0.967 bits per heavy atom. The van der Waals surface area contributed by atoms with Crippen LogP contribution in [0.25, 0.3) is 0 Å². The summed E-state index contributed by atoms with van der Waals surface area (Å²) in [5, 5.41) is 18.9. The molecule has 0 heterocycles. The Kier molecular flexibility index (Phi) is 35.2. The van der Waals surface area contributed by atoms with Gasteiger partial charge in [0.15, 0.2) is 41.6 Å². The molecule has 0 aliphatic rings. The third-order valence-corrected chi connectivity index (χ3v) is 40.0. The quantitative estimate of drug-likeness (QED) is 0.0455. The van der Waals surface area contributed by atoms with Crippen molar-refractivity contribution >= 4 is 67.4 Å². The first-order valence-corrected chi connectivity index (χ1v) is 47.1. The molecule has 0 aliphatic heterocycles. The number of aliphatic hydroxyl groups excluding tert-OH is 2. The molecule has 4 atom stereocenters. The Morgan fingerprint density at radius 1 is 0.541 bits per heavy atom. The van der Waals surface area contributed by atoms with E-state index in [2.05, 4.69) is 78.9 Å². The molecule has 0 bridgehead atoms. The molecule has 364 valence electrons. The van der Waals surface area contributed by atoms with Gasteiger partial charge in [-0.05, 0) is 147 Å². The first-order chi connectivity index (χ1) is 28.6. The second-order valence-corrected chi connectivity index (χ2v) is 53.8. The number of hydrogen-bond acceptors (Lipinski definition) is 9. The topological polar surface area (TPSA) is 113 Å². The maximum Gasteiger partial charge on any atom is 0.286 e. The fourth-order valence-electron chi connectivity index (χ4n) is 8.13. The minimum absolute atomic E-state index is 0.176. The van der Waals surface area contributed by atoms with Crippen molar-refractivity contribution in [3.63, 3.8) is 0 Å². The molecule has 2 radical (unpaired) electrons. The lowest BCUT2D eigenvalue weighted by atomic mass is 10.1. The molecule has 0 aromatic rings. The van der Waals surface area contributed by atoms with Crippen LogP contribution in [0.4, 0.5) is 0 Å². The summed E-state index contributed by atoms with van der Waals surface area (Å²) >= 11 is 0. The number of aliphatic hydroxyl groups is 2. The van der Waals surface area contributed by atoms with Gasteiger partial charge in [-0.2, -0.15) is 0 Å². The van der Waals surface area contributed by atoms with Crippen molar-refractivity contribution in [2.75, 3.05) is 39.6 Å². The van der Waals surface area contributed by atoms with Crippen molar-refractivity contribution in [1.82, 2.24) is 0 Å². The van der Waals surface area contributed by atoms with Gasteiger partial charge in [0.25, 0.3) is 8.20 Å². The van der Waals surface area contributed by atoms with E-state index < -0.39 is 63.7 Å². The summed E-state index contributed by atoms with van der Waals surface area (Å²) < 4.78 is 51.2. The number of unbranched alkanes of at least 4 members (excludes halogenated alkanes) is 12. The molecule has 0 amide bonds. The molecule has 61 heavy (non-hydrogen) atoms. The lowest BCUT2D eigenvalue weighted by Crippen LogP contribution is -2.45. The fourth-order valence-corrected chi connectivity index (χ4v) is 31.7. The maximum absolute atomic E-state index is 12.2. The van der Waals surface area contributed by atoms with Crippen LogP contribution in [-0.2, 0) is 30.7 Å². The van der Waals surface area contributed by atoms with Crippen LogP contribution in [0, 0.1) is 0 Å². The lowest BCUT2D eigenvalue weighted by Gasteiger charge is -2.35. The Labute approximate surface area is 388 Å². The molecule has 0 saturated carbocycles. The van der Waals surface area contributed by atoms with Crippen molar-refractivity contribution in [3.8, 4) is 0 Å². The predicted octanol–water partition coefficient (Wildman–Crippen LogP) is 12.9. The number of rotatable bonds is 44. The van der Waals surface area contributed by atoms with Gasteiger partial charge >= 0.3 is 0 Å². The molecule has 0 spiro atoms. The number of ether oxygens (including phenoxy) is 1. The van der Waals surface area contributed by atoms with Gasteiger partial charge in [0, 0.05) is 26.4 Å². The predicted molar refractivity (Wildman–Crippen MR) is 279 cm³/mol. The second kappa shape index (κ2) is 34.5. The fraction of sp³-hybridized carbons (Fsp3) is 1.00. The van der Waals surface area contributed by atoms with E-state index in [9.17, 15) is 14.7 Å². The van der Waals surface area contributed by atoms with Crippen LogP contribution in [0.2, 0.25) is 121 Å². The average Bonchev–Trinajstić information content (AvgIpc) is 3.16. The minimum atomic E-state index is -2.06. The van der Waals surface area contributed by atoms with Crippen molar-refractivity contribution in [3.05, 3.63) is 0 Å². The minimum Gasteiger partial charge on any atom is -0.456 e. The van der Waals surface area contributed by atoms with Crippen molar-refractivity contribution in [2.24, 2.45) is 0 Å². The van der Waals surface area contributed by atoms with Gasteiger partial charge in [0.05, 0.1) is 13.2 Å². The molecule has 2 N–H and O–H groups in total. The zero-order chi connectivity index (χ0) is 46.3. The molecule has 0 saturated heterocycles. The Bertz CT molecular complexity index is 1090. The maximum atomic E-state index is 12.2. The standard InChI is InChI=1S/C44H102O9Si8/c1-14-15-16-17-18-19-20-21-22-26-37-61(13,52-54-2)38-29-25-33-50-59(11,39-30-31-48-43-44(46)42-45)35-28-24-34-51-60(12,41-40-57(7,8)53-56(4,5)6)36-27-23-32-49-58(9,10)55(3)47/h44-46H,14-43H2,1-13H3. The van der Waals surface area contributed by atoms with Gasteiger partial charge in [-0.15, -0.1) is 0 Å². The Morgan fingerprint density at radius 3 is 1.43 bits per heavy atom. The van der Waals surface area contributed by atoms with E-state index >= 15 is 0 Å². The summed E-state index contributed by atoms with van der Waals surface area (Å²) in [4.78, 5) is 0. The summed E-state index contributed by atoms with van der Waals surface area (Å²) in [5.41, 5.74) is 0. The highest BCUT2D eigenvalue weighted by atomic mass is 29.2. The first kappa shape index (κ1) is 62.2. The average molecular weight is 1000 g/mol. The van der Waals surface area contributed by atoms with Gasteiger partial charge in [-0.1, -0.05) is 90.4 Å². The van der Waals surface area contributed by atoms with Crippen LogP contribution in [0.5, 0.6) is 0 Å². The van der Waals surface area contributed by atoms with Crippen molar-refractivity contribution in [1.29, 1.82) is 0 Å². The van der Waals surface area contributed by atoms with Crippen LogP contribution < -0.4 is 0 Å². The van der Waals surface area contributed by atoms with Gasteiger partial charge in [0.1, 0.15) is 6.10 Å².